The highest BCUT2D eigenvalue weighted by Crippen LogP contribution is 2.23. The van der Waals surface area contributed by atoms with E-state index in [1.165, 1.54) is 37.6 Å². The van der Waals surface area contributed by atoms with E-state index in [1.807, 2.05) is 0 Å². The lowest BCUT2D eigenvalue weighted by atomic mass is 10.1. The molecule has 0 saturated heterocycles. The number of hydrogen-bond donors (Lipinski definition) is 2. The number of anilines is 2. The van der Waals surface area contributed by atoms with Crippen LogP contribution in [0.4, 0.5) is 33.5 Å². The summed E-state index contributed by atoms with van der Waals surface area (Å²) in [5.74, 6) is -2.60. The number of aromatic nitrogens is 2. The molecule has 0 unspecified atom stereocenters. The smallest absolute Gasteiger partial charge is 0.479 e. The monoisotopic (exact) mass is 468 g/mol. The Bertz CT molecular complexity index is 1100. The van der Waals surface area contributed by atoms with Crippen LogP contribution in [0.3, 0.4) is 0 Å². The van der Waals surface area contributed by atoms with Crippen molar-refractivity contribution in [2.24, 2.45) is 0 Å². The molecule has 0 aliphatic rings. The number of methoxy groups -OCH3 is 1. The zero-order chi connectivity index (χ0) is 24.0. The third kappa shape index (κ3) is 7.02. The van der Waals surface area contributed by atoms with Gasteiger partial charge in [-0.15, -0.1) is 13.2 Å². The minimum atomic E-state index is -4.78. The minimum Gasteiger partial charge on any atom is -0.479 e. The van der Waals surface area contributed by atoms with Gasteiger partial charge in [-0.05, 0) is 36.2 Å². The van der Waals surface area contributed by atoms with Crippen molar-refractivity contribution in [2.45, 2.75) is 12.8 Å². The van der Waals surface area contributed by atoms with Crippen LogP contribution in [0.1, 0.15) is 16.1 Å². The number of amides is 1. The van der Waals surface area contributed by atoms with E-state index in [0.717, 1.165) is 12.1 Å². The first-order chi connectivity index (χ1) is 15.6. The van der Waals surface area contributed by atoms with Gasteiger partial charge in [-0.2, -0.15) is 0 Å². The Morgan fingerprint density at radius 1 is 1.06 bits per heavy atom. The third-order valence-corrected chi connectivity index (χ3v) is 4.14. The van der Waals surface area contributed by atoms with Gasteiger partial charge in [0.05, 0.1) is 13.3 Å². The van der Waals surface area contributed by atoms with E-state index in [0.29, 0.717) is 18.1 Å². The van der Waals surface area contributed by atoms with E-state index in [1.54, 1.807) is 0 Å². The molecule has 1 heterocycles. The molecule has 12 heteroatoms. The van der Waals surface area contributed by atoms with Gasteiger partial charge in [-0.1, -0.05) is 12.1 Å². The molecule has 3 rings (SSSR count). The summed E-state index contributed by atoms with van der Waals surface area (Å²) in [7, 11) is 1.29. The van der Waals surface area contributed by atoms with Crippen molar-refractivity contribution in [2.75, 3.05) is 19.0 Å². The fourth-order valence-corrected chi connectivity index (χ4v) is 2.77. The Morgan fingerprint density at radius 2 is 1.73 bits per heavy atom. The van der Waals surface area contributed by atoms with Crippen LogP contribution in [-0.4, -0.2) is 35.9 Å². The lowest BCUT2D eigenvalue weighted by molar-refractivity contribution is -0.274. The Morgan fingerprint density at radius 3 is 2.33 bits per heavy atom. The number of alkyl halides is 3. The normalized spacial score (nSPS) is 11.1. The summed E-state index contributed by atoms with van der Waals surface area (Å²) in [6, 6.07) is 8.01. The van der Waals surface area contributed by atoms with Gasteiger partial charge in [0.25, 0.3) is 5.91 Å². The second-order valence-corrected chi connectivity index (χ2v) is 6.59. The number of carbonyl (C=O) groups is 1. The van der Waals surface area contributed by atoms with Gasteiger partial charge in [0.2, 0.25) is 5.88 Å². The highest BCUT2D eigenvalue weighted by Gasteiger charge is 2.30. The maximum Gasteiger partial charge on any atom is 0.573 e. The molecule has 1 aromatic heterocycles. The van der Waals surface area contributed by atoms with Gasteiger partial charge in [-0.3, -0.25) is 4.79 Å². The number of hydrogen-bond acceptors (Lipinski definition) is 6. The molecular formula is C21H17F5N4O3. The van der Waals surface area contributed by atoms with Crippen molar-refractivity contribution in [1.82, 2.24) is 15.3 Å². The van der Waals surface area contributed by atoms with Crippen molar-refractivity contribution in [1.29, 1.82) is 0 Å². The molecule has 0 atom stereocenters. The molecule has 0 aliphatic heterocycles. The fourth-order valence-electron chi connectivity index (χ4n) is 2.77. The number of nitrogens with one attached hydrogen (secondary N) is 2. The van der Waals surface area contributed by atoms with Crippen molar-refractivity contribution in [3.8, 4) is 11.6 Å². The van der Waals surface area contributed by atoms with E-state index in [2.05, 4.69) is 25.3 Å². The molecule has 33 heavy (non-hydrogen) atoms. The predicted octanol–water partition coefficient (Wildman–Crippen LogP) is 4.38. The molecule has 0 saturated carbocycles. The van der Waals surface area contributed by atoms with Crippen LogP contribution in [0, 0.1) is 11.6 Å². The molecule has 7 nitrogen and oxygen atoms in total. The van der Waals surface area contributed by atoms with Crippen LogP contribution in [-0.2, 0) is 6.42 Å². The lowest BCUT2D eigenvalue weighted by Crippen LogP contribution is -2.27. The SMILES string of the molecule is COc1ncc(Nc2cc(F)cc(F)c2)nc1C(=O)NCCc1ccc(OC(F)(F)F)cc1. The van der Waals surface area contributed by atoms with E-state index in [9.17, 15) is 26.7 Å². The van der Waals surface area contributed by atoms with E-state index >= 15 is 0 Å². The van der Waals surface area contributed by atoms with Crippen LogP contribution in [0.5, 0.6) is 11.6 Å². The average molecular weight is 468 g/mol. The molecule has 0 aliphatic carbocycles. The maximum absolute atomic E-state index is 13.4. The molecule has 0 bridgehead atoms. The van der Waals surface area contributed by atoms with Crippen molar-refractivity contribution >= 4 is 17.4 Å². The molecule has 0 radical (unpaired) electrons. The Labute approximate surface area is 184 Å². The highest BCUT2D eigenvalue weighted by atomic mass is 19.4. The van der Waals surface area contributed by atoms with Gasteiger partial charge in [0.15, 0.2) is 5.69 Å². The topological polar surface area (TPSA) is 85.4 Å². The summed E-state index contributed by atoms with van der Waals surface area (Å²) >= 11 is 0. The van der Waals surface area contributed by atoms with Crippen LogP contribution in [0.25, 0.3) is 0 Å². The highest BCUT2D eigenvalue weighted by molar-refractivity contribution is 5.94. The van der Waals surface area contributed by atoms with Gasteiger partial charge < -0.3 is 20.1 Å². The molecule has 2 aromatic carbocycles. The summed E-state index contributed by atoms with van der Waals surface area (Å²) in [6.45, 7) is 0.135. The van der Waals surface area contributed by atoms with Crippen LogP contribution in [0.15, 0.2) is 48.7 Å². The number of benzene rings is 2. The van der Waals surface area contributed by atoms with Crippen LogP contribution in [0.2, 0.25) is 0 Å². The first-order valence-electron chi connectivity index (χ1n) is 9.40. The Hall–Kier alpha value is -3.96. The molecule has 0 spiro atoms. The predicted molar refractivity (Wildman–Crippen MR) is 107 cm³/mol. The lowest BCUT2D eigenvalue weighted by Gasteiger charge is -2.11. The van der Waals surface area contributed by atoms with E-state index in [-0.39, 0.29) is 35.4 Å². The molecule has 0 fully saturated rings. The molecule has 1 amide bonds. The molecule has 174 valence electrons. The van der Waals surface area contributed by atoms with Gasteiger partial charge in [-0.25, -0.2) is 18.7 Å². The van der Waals surface area contributed by atoms with Crippen LogP contribution >= 0.6 is 0 Å². The third-order valence-electron chi connectivity index (χ3n) is 4.14. The first-order valence-corrected chi connectivity index (χ1v) is 9.40. The standard InChI is InChI=1S/C21H17F5N4O3/c1-32-20-18(30-17(11-28-20)29-15-9-13(22)8-14(23)10-15)19(31)27-7-6-12-2-4-16(5-3-12)33-21(24,25)26/h2-5,8-11H,6-7H2,1H3,(H,27,31)(H,29,30). The molecular weight excluding hydrogens is 451 g/mol. The number of nitrogens with zero attached hydrogens (tertiary/aromatic N) is 2. The van der Waals surface area contributed by atoms with E-state index < -0.39 is 23.9 Å². The number of carbonyl (C=O) groups excluding carboxylic acids is 1. The quantitative estimate of drug-likeness (QED) is 0.478. The van der Waals surface area contributed by atoms with Crippen molar-refractivity contribution in [3.63, 3.8) is 0 Å². The summed E-state index contributed by atoms with van der Waals surface area (Å²) in [6.07, 6.45) is -3.24. The van der Waals surface area contributed by atoms with Crippen LogP contribution < -0.4 is 20.1 Å². The summed E-state index contributed by atoms with van der Waals surface area (Å²) in [4.78, 5) is 20.6. The summed E-state index contributed by atoms with van der Waals surface area (Å²) < 4.78 is 72.2. The fraction of sp³-hybridized carbons (Fsp3) is 0.190. The van der Waals surface area contributed by atoms with Gasteiger partial charge in [0.1, 0.15) is 23.2 Å². The van der Waals surface area contributed by atoms with E-state index in [4.69, 9.17) is 4.74 Å². The Kier molecular flexibility index (Phi) is 7.26. The van der Waals surface area contributed by atoms with Gasteiger partial charge >= 0.3 is 6.36 Å². The largest absolute Gasteiger partial charge is 0.573 e. The Balaban J connectivity index is 1.63. The minimum absolute atomic E-state index is 0.0474. The zero-order valence-electron chi connectivity index (χ0n) is 17.0. The second kappa shape index (κ2) is 10.1. The second-order valence-electron chi connectivity index (χ2n) is 6.59. The number of ether oxygens (including phenoxy) is 2. The zero-order valence-corrected chi connectivity index (χ0v) is 17.0. The van der Waals surface area contributed by atoms with Crippen molar-refractivity contribution in [3.05, 3.63) is 71.6 Å². The number of halogens is 5. The van der Waals surface area contributed by atoms with Gasteiger partial charge in [0, 0.05) is 18.3 Å². The summed E-state index contributed by atoms with van der Waals surface area (Å²) in [5, 5.41) is 5.26. The molecule has 2 N–H and O–H groups in total. The summed E-state index contributed by atoms with van der Waals surface area (Å²) in [5.41, 5.74) is 0.552. The average Bonchev–Trinajstić information content (AvgIpc) is 2.73. The number of rotatable bonds is 8. The molecule has 3 aromatic rings. The first kappa shape index (κ1) is 23.7. The van der Waals surface area contributed by atoms with Crippen molar-refractivity contribution < 1.29 is 36.2 Å². The maximum atomic E-state index is 13.4.